The van der Waals surface area contributed by atoms with Gasteiger partial charge in [0.05, 0.1) is 28.6 Å². The molecule has 20 heavy (non-hydrogen) atoms. The summed E-state index contributed by atoms with van der Waals surface area (Å²) >= 11 is 7.96. The van der Waals surface area contributed by atoms with Gasteiger partial charge in [-0.05, 0) is 32.4 Å². The predicted octanol–water partition coefficient (Wildman–Crippen LogP) is 4.59. The molecule has 0 aliphatic rings. The number of imidazole rings is 1. The Hall–Kier alpha value is -1.52. The smallest absolute Gasteiger partial charge is 0.194 e. The third-order valence-electron chi connectivity index (χ3n) is 3.40. The van der Waals surface area contributed by atoms with Crippen molar-refractivity contribution in [1.29, 1.82) is 0 Å². The molecular weight excluding hydrogens is 290 g/mol. The fourth-order valence-electron chi connectivity index (χ4n) is 2.35. The number of rotatable bonds is 3. The third-order valence-corrected chi connectivity index (χ3v) is 4.61. The molecule has 0 radical (unpaired) electrons. The first kappa shape index (κ1) is 13.5. The molecule has 0 atom stereocenters. The highest BCUT2D eigenvalue weighted by molar-refractivity contribution is 7.17. The number of benzene rings is 1. The largest absolute Gasteiger partial charge is 0.378 e. The molecule has 104 valence electrons. The van der Waals surface area contributed by atoms with Crippen molar-refractivity contribution >= 4 is 33.6 Å². The van der Waals surface area contributed by atoms with Crippen LogP contribution in [0.4, 0.5) is 5.69 Å². The maximum absolute atomic E-state index is 6.25. The predicted molar refractivity (Wildman–Crippen MR) is 86.1 cm³/mol. The lowest BCUT2D eigenvalue weighted by Crippen LogP contribution is -2.05. The van der Waals surface area contributed by atoms with E-state index in [4.69, 9.17) is 11.6 Å². The van der Waals surface area contributed by atoms with Gasteiger partial charge in [-0.2, -0.15) is 0 Å². The number of nitrogens with one attached hydrogen (secondary N) is 1. The van der Waals surface area contributed by atoms with Crippen LogP contribution in [0.3, 0.4) is 0 Å². The first-order chi connectivity index (χ1) is 9.56. The second-order valence-corrected chi connectivity index (χ2v) is 6.54. The van der Waals surface area contributed by atoms with Crippen LogP contribution in [0.5, 0.6) is 0 Å². The summed E-state index contributed by atoms with van der Waals surface area (Å²) in [4.78, 5) is 6.91. The van der Waals surface area contributed by atoms with Gasteiger partial charge in [0.25, 0.3) is 0 Å². The van der Waals surface area contributed by atoms with Gasteiger partial charge in [0.15, 0.2) is 4.96 Å². The van der Waals surface area contributed by atoms with Crippen molar-refractivity contribution in [3.8, 4) is 0 Å². The highest BCUT2D eigenvalue weighted by Gasteiger charge is 2.12. The molecule has 5 heteroatoms. The number of aromatic nitrogens is 2. The summed E-state index contributed by atoms with van der Waals surface area (Å²) in [5.74, 6) is 0. The Bertz CT molecular complexity index is 753. The normalized spacial score (nSPS) is 11.2. The van der Waals surface area contributed by atoms with Crippen molar-refractivity contribution < 1.29 is 0 Å². The molecule has 2 aromatic heterocycles. The second kappa shape index (κ2) is 5.11. The number of aryl methyl sites for hydroxylation is 3. The number of para-hydroxylation sites is 1. The van der Waals surface area contributed by atoms with Crippen LogP contribution < -0.4 is 5.32 Å². The molecule has 0 saturated carbocycles. The molecule has 1 N–H and O–H groups in total. The van der Waals surface area contributed by atoms with Crippen LogP contribution in [0.1, 0.15) is 21.8 Å². The Morgan fingerprint density at radius 1 is 1.30 bits per heavy atom. The zero-order valence-corrected chi connectivity index (χ0v) is 13.3. The van der Waals surface area contributed by atoms with E-state index in [0.717, 1.165) is 26.9 Å². The molecule has 0 spiro atoms. The van der Waals surface area contributed by atoms with Crippen molar-refractivity contribution in [2.45, 2.75) is 27.3 Å². The van der Waals surface area contributed by atoms with Gasteiger partial charge < -0.3 is 5.32 Å². The highest BCUT2D eigenvalue weighted by Crippen LogP contribution is 2.27. The molecule has 2 heterocycles. The van der Waals surface area contributed by atoms with E-state index in [2.05, 4.69) is 40.8 Å². The van der Waals surface area contributed by atoms with Crippen LogP contribution in [0.25, 0.3) is 4.96 Å². The minimum Gasteiger partial charge on any atom is -0.378 e. The second-order valence-electron chi connectivity index (χ2n) is 4.92. The number of halogens is 1. The number of anilines is 1. The molecular formula is C15H16ClN3S. The van der Waals surface area contributed by atoms with E-state index in [-0.39, 0.29) is 0 Å². The third kappa shape index (κ3) is 2.30. The van der Waals surface area contributed by atoms with Gasteiger partial charge in [-0.25, -0.2) is 4.98 Å². The Labute approximate surface area is 127 Å². The lowest BCUT2D eigenvalue weighted by atomic mass is 10.2. The van der Waals surface area contributed by atoms with E-state index in [1.165, 1.54) is 10.6 Å². The minimum atomic E-state index is 0.716. The van der Waals surface area contributed by atoms with Crippen LogP contribution in [-0.2, 0) is 6.54 Å². The van der Waals surface area contributed by atoms with Gasteiger partial charge in [0.2, 0.25) is 0 Å². The van der Waals surface area contributed by atoms with Crippen molar-refractivity contribution in [1.82, 2.24) is 9.38 Å². The van der Waals surface area contributed by atoms with Gasteiger partial charge in [0.1, 0.15) is 0 Å². The van der Waals surface area contributed by atoms with Gasteiger partial charge in [-0.15, -0.1) is 11.3 Å². The molecule has 0 aliphatic heterocycles. The molecule has 0 bridgehead atoms. The van der Waals surface area contributed by atoms with Crippen LogP contribution in [-0.4, -0.2) is 9.38 Å². The molecule has 3 aromatic rings. The Morgan fingerprint density at radius 2 is 2.10 bits per heavy atom. The van der Waals surface area contributed by atoms with Gasteiger partial charge in [0, 0.05) is 11.1 Å². The van der Waals surface area contributed by atoms with E-state index in [0.29, 0.717) is 6.54 Å². The summed E-state index contributed by atoms with van der Waals surface area (Å²) in [5.41, 5.74) is 4.39. The number of hydrogen-bond donors (Lipinski definition) is 1. The van der Waals surface area contributed by atoms with E-state index >= 15 is 0 Å². The first-order valence-electron chi connectivity index (χ1n) is 6.49. The summed E-state index contributed by atoms with van der Waals surface area (Å²) in [6, 6.07) is 5.93. The topological polar surface area (TPSA) is 29.3 Å². The number of fused-ring (bicyclic) bond motifs is 1. The van der Waals surface area contributed by atoms with Crippen LogP contribution in [0, 0.1) is 20.8 Å². The number of nitrogens with zero attached hydrogens (tertiary/aromatic N) is 2. The Balaban J connectivity index is 1.92. The van der Waals surface area contributed by atoms with Gasteiger partial charge in [-0.1, -0.05) is 23.7 Å². The van der Waals surface area contributed by atoms with Crippen LogP contribution >= 0.6 is 22.9 Å². The zero-order chi connectivity index (χ0) is 14.3. The Morgan fingerprint density at radius 3 is 2.85 bits per heavy atom. The molecule has 0 fully saturated rings. The van der Waals surface area contributed by atoms with E-state index < -0.39 is 0 Å². The lowest BCUT2D eigenvalue weighted by molar-refractivity contribution is 0.989. The zero-order valence-electron chi connectivity index (χ0n) is 11.7. The fourth-order valence-corrected chi connectivity index (χ4v) is 3.53. The molecule has 0 amide bonds. The monoisotopic (exact) mass is 305 g/mol. The molecule has 0 unspecified atom stereocenters. The average Bonchev–Trinajstić information content (AvgIpc) is 2.85. The highest BCUT2D eigenvalue weighted by atomic mass is 35.5. The summed E-state index contributed by atoms with van der Waals surface area (Å²) in [6.07, 6.45) is 2.14. The van der Waals surface area contributed by atoms with E-state index in [1.807, 2.05) is 19.1 Å². The van der Waals surface area contributed by atoms with E-state index in [1.54, 1.807) is 11.3 Å². The first-order valence-corrected chi connectivity index (χ1v) is 7.68. The van der Waals surface area contributed by atoms with Gasteiger partial charge >= 0.3 is 0 Å². The quantitative estimate of drug-likeness (QED) is 0.767. The molecule has 3 rings (SSSR count). The lowest BCUT2D eigenvalue weighted by Gasteiger charge is -2.11. The standard InChI is InChI=1S/C15H16ClN3S/c1-9-5-4-6-12(16)14(9)17-7-13-11(3)18-15-19(13)8-10(2)20-15/h4-6,8,17H,7H2,1-3H3. The summed E-state index contributed by atoms with van der Waals surface area (Å²) in [5, 5.41) is 4.19. The average molecular weight is 306 g/mol. The molecule has 0 aliphatic carbocycles. The van der Waals surface area contributed by atoms with Gasteiger partial charge in [-0.3, -0.25) is 4.40 Å². The maximum atomic E-state index is 6.25. The van der Waals surface area contributed by atoms with Crippen LogP contribution in [0.2, 0.25) is 5.02 Å². The maximum Gasteiger partial charge on any atom is 0.194 e. The number of hydrogen-bond acceptors (Lipinski definition) is 3. The molecule has 0 saturated heterocycles. The van der Waals surface area contributed by atoms with E-state index in [9.17, 15) is 0 Å². The Kier molecular flexibility index (Phi) is 3.44. The summed E-state index contributed by atoms with van der Waals surface area (Å²) in [7, 11) is 0. The fraction of sp³-hybridized carbons (Fsp3) is 0.267. The van der Waals surface area contributed by atoms with Crippen LogP contribution in [0.15, 0.2) is 24.4 Å². The van der Waals surface area contributed by atoms with Crippen molar-refractivity contribution in [2.24, 2.45) is 0 Å². The molecule has 3 nitrogen and oxygen atoms in total. The van der Waals surface area contributed by atoms with Crippen molar-refractivity contribution in [3.05, 3.63) is 51.2 Å². The summed E-state index contributed by atoms with van der Waals surface area (Å²) in [6.45, 7) is 6.92. The van der Waals surface area contributed by atoms with Crippen molar-refractivity contribution in [2.75, 3.05) is 5.32 Å². The summed E-state index contributed by atoms with van der Waals surface area (Å²) < 4.78 is 2.16. The number of thiazole rings is 1. The van der Waals surface area contributed by atoms with Crippen molar-refractivity contribution in [3.63, 3.8) is 0 Å². The SMILES string of the molecule is Cc1cn2c(CNc3c(C)cccc3Cl)c(C)nc2s1. The molecule has 1 aromatic carbocycles. The minimum absolute atomic E-state index is 0.716.